The summed E-state index contributed by atoms with van der Waals surface area (Å²) in [5.41, 5.74) is 0.826. The molecule has 0 radical (unpaired) electrons. The molecule has 0 bridgehead atoms. The average molecular weight is 416 g/mol. The van der Waals surface area contributed by atoms with E-state index in [9.17, 15) is 18.4 Å². The predicted octanol–water partition coefficient (Wildman–Crippen LogP) is 0.977. The minimum absolute atomic E-state index is 0.285. The zero-order valence-electron chi connectivity index (χ0n) is 12.5. The van der Waals surface area contributed by atoms with Crippen LogP contribution in [0.25, 0.3) is 0 Å². The topological polar surface area (TPSA) is 124 Å². The van der Waals surface area contributed by atoms with Gasteiger partial charge in [-0.2, -0.15) is 0 Å². The third kappa shape index (κ3) is 6.60. The maximum atomic E-state index is 10.9. The van der Waals surface area contributed by atoms with Gasteiger partial charge in [0.15, 0.2) is 0 Å². The van der Waals surface area contributed by atoms with Crippen LogP contribution in [0.5, 0.6) is 5.75 Å². The Balaban J connectivity index is 0.000000272. The van der Waals surface area contributed by atoms with Crippen LogP contribution in [-0.2, 0) is 8.53 Å². The van der Waals surface area contributed by atoms with Gasteiger partial charge in [0.1, 0.15) is 0 Å². The van der Waals surface area contributed by atoms with Crippen LogP contribution < -0.4 is 9.67 Å². The number of halogens is 1. The second kappa shape index (κ2) is 8.70. The maximum absolute atomic E-state index is 10.9. The minimum atomic E-state index is -5.09. The summed E-state index contributed by atoms with van der Waals surface area (Å²) in [5.74, 6) is -0.850. The van der Waals surface area contributed by atoms with Crippen LogP contribution in [0.4, 0.5) is 5.69 Å². The fraction of sp³-hybridized carbons (Fsp3) is 0.0667. The Labute approximate surface area is 145 Å². The molecule has 0 aliphatic heterocycles. The van der Waals surface area contributed by atoms with Crippen LogP contribution in [0.2, 0.25) is 0 Å². The van der Waals surface area contributed by atoms with Gasteiger partial charge in [-0.05, 0) is 11.6 Å². The summed E-state index contributed by atoms with van der Waals surface area (Å²) in [5, 5.41) is 11.3. The van der Waals surface area contributed by atoms with Crippen molar-refractivity contribution in [3.63, 3.8) is 0 Å². The number of hydrogen-bond donors (Lipinski definition) is 4. The summed E-state index contributed by atoms with van der Waals surface area (Å²) in [4.78, 5) is 21.1. The first-order valence-electron chi connectivity index (χ1n) is 6.53. The van der Waals surface area contributed by atoms with Gasteiger partial charge < -0.3 is 0 Å². The van der Waals surface area contributed by atoms with E-state index in [-0.39, 0.29) is 11.6 Å². The number of anilines is 1. The van der Waals surface area contributed by atoms with Crippen molar-refractivity contribution in [2.24, 2.45) is 0 Å². The molecule has 1 amide bonds. The van der Waals surface area contributed by atoms with Crippen LogP contribution in [0.3, 0.4) is 0 Å². The van der Waals surface area contributed by atoms with Gasteiger partial charge in [-0.3, -0.25) is 4.79 Å². The van der Waals surface area contributed by atoms with Gasteiger partial charge in [0.25, 0.3) is 5.24 Å². The van der Waals surface area contributed by atoms with E-state index in [1.54, 1.807) is 24.3 Å². The summed E-state index contributed by atoms with van der Waals surface area (Å²) < 4.78 is 28.2. The molecule has 0 aliphatic rings. The number of carbonyl (C=O) groups is 2. The quantitative estimate of drug-likeness (QED) is 0.437. The Morgan fingerprint density at radius 3 is 2.04 bits per heavy atom. The molecule has 0 unspecified atom stereocenters. The number of hydrogen-bond acceptors (Lipinski definition) is 4. The molecule has 0 spiro atoms. The van der Waals surface area contributed by atoms with E-state index in [0.29, 0.717) is 5.56 Å². The first-order chi connectivity index (χ1) is 11.1. The third-order valence-corrected chi connectivity index (χ3v) is 4.94. The van der Waals surface area contributed by atoms with Crippen molar-refractivity contribution in [2.45, 2.75) is 6.92 Å². The fourth-order valence-electron chi connectivity index (χ4n) is 1.62. The Morgan fingerprint density at radius 2 is 1.67 bits per heavy atom. The monoisotopic (exact) mass is 415 g/mol. The van der Waals surface area contributed by atoms with E-state index in [0.717, 1.165) is 12.1 Å². The van der Waals surface area contributed by atoms with Crippen LogP contribution in [0, 0.1) is 0 Å². The molecule has 128 valence electrons. The summed E-state index contributed by atoms with van der Waals surface area (Å²) in [6.07, 6.45) is 0. The van der Waals surface area contributed by atoms with Gasteiger partial charge in [-0.15, -0.1) is 0 Å². The summed E-state index contributed by atoms with van der Waals surface area (Å²) in [6, 6.07) is 12.2. The number of amides is 1. The van der Waals surface area contributed by atoms with Crippen LogP contribution >= 0.6 is 11.6 Å². The van der Waals surface area contributed by atoms with Gasteiger partial charge >= 0.3 is 88.1 Å². The Kier molecular flexibility index (Phi) is 7.25. The zero-order valence-corrected chi connectivity index (χ0v) is 15.1. The molecular formula is C15H15AsClNO6. The van der Waals surface area contributed by atoms with Gasteiger partial charge in [0.05, 0.1) is 0 Å². The number of carbonyl (C=O) groups excluding carboxylic acids is 2. The summed E-state index contributed by atoms with van der Waals surface area (Å²) in [6.45, 7) is 1.29. The number of nitrogens with one attached hydrogen (secondary N) is 1. The van der Waals surface area contributed by atoms with Crippen molar-refractivity contribution >= 4 is 47.0 Å². The normalized spacial score (nSPS) is 10.3. The van der Waals surface area contributed by atoms with E-state index in [4.69, 9.17) is 19.8 Å². The molecule has 0 atom stereocenters. The zero-order chi connectivity index (χ0) is 18.3. The predicted molar refractivity (Wildman–Crippen MR) is 89.5 cm³/mol. The third-order valence-electron chi connectivity index (χ3n) is 2.61. The molecule has 0 heterocycles. The molecule has 4 N–H and O–H groups in total. The molecule has 0 aliphatic carbocycles. The van der Waals surface area contributed by atoms with Crippen molar-refractivity contribution in [1.82, 2.24) is 0 Å². The van der Waals surface area contributed by atoms with Gasteiger partial charge in [0, 0.05) is 5.56 Å². The van der Waals surface area contributed by atoms with Crippen molar-refractivity contribution < 1.29 is 26.6 Å². The number of aromatic hydroxyl groups is 1. The molecule has 0 aromatic heterocycles. The number of benzene rings is 2. The van der Waals surface area contributed by atoms with E-state index >= 15 is 0 Å². The Hall–Kier alpha value is -2.05. The SMILES string of the molecule is CC(=O)Nc1ccc([As](=O)(O)O)c(O)c1.O=C(Cl)c1ccccc1. The first-order valence-corrected chi connectivity index (χ1v) is 10.3. The molecule has 7 nitrogen and oxygen atoms in total. The van der Waals surface area contributed by atoms with Crippen LogP contribution in [-0.4, -0.2) is 38.6 Å². The molecular weight excluding hydrogens is 401 g/mol. The van der Waals surface area contributed by atoms with Crippen molar-refractivity contribution in [3.8, 4) is 5.75 Å². The molecule has 2 aromatic carbocycles. The molecule has 9 heteroatoms. The molecule has 0 saturated heterocycles. The van der Waals surface area contributed by atoms with Gasteiger partial charge in [0.2, 0.25) is 0 Å². The van der Waals surface area contributed by atoms with Crippen LogP contribution in [0.1, 0.15) is 17.3 Å². The molecule has 0 fully saturated rings. The smallest absolute Gasteiger partial charge is 0.252 e. The first kappa shape index (κ1) is 20.0. The average Bonchev–Trinajstić information content (AvgIpc) is 2.47. The summed E-state index contributed by atoms with van der Waals surface area (Å²) >= 11 is 0.0771. The molecule has 24 heavy (non-hydrogen) atoms. The minimum Gasteiger partial charge on any atom is -0.276 e. The van der Waals surface area contributed by atoms with Gasteiger partial charge in [-0.1, -0.05) is 30.3 Å². The van der Waals surface area contributed by atoms with E-state index in [1.807, 2.05) is 6.07 Å². The van der Waals surface area contributed by atoms with E-state index in [1.165, 1.54) is 13.0 Å². The number of phenols is 1. The largest absolute Gasteiger partial charge is 0.276 e. The molecule has 2 aromatic rings. The van der Waals surface area contributed by atoms with Crippen molar-refractivity contribution in [2.75, 3.05) is 5.32 Å². The number of phenolic OH excluding ortho intramolecular Hbond substituents is 1. The Morgan fingerprint density at radius 1 is 1.08 bits per heavy atom. The fourth-order valence-corrected chi connectivity index (χ4v) is 3.07. The number of rotatable bonds is 3. The second-order valence-electron chi connectivity index (χ2n) is 4.57. The standard InChI is InChI=1S/C8H10AsNO5.C7H5ClO/c1-5(11)10-6-2-3-7(8(12)4-6)9(13,14)15;8-7(9)6-4-2-1-3-5-6/h2-4,12H,1H3,(H,10,11)(H2,13,14,15);1-5H. The van der Waals surface area contributed by atoms with Crippen molar-refractivity contribution in [1.29, 1.82) is 0 Å². The maximum Gasteiger partial charge on any atom is 0.252 e. The molecule has 2 rings (SSSR count). The Bertz CT molecular complexity index is 775. The van der Waals surface area contributed by atoms with E-state index in [2.05, 4.69) is 5.32 Å². The van der Waals surface area contributed by atoms with Crippen LogP contribution in [0.15, 0.2) is 48.5 Å². The van der Waals surface area contributed by atoms with Crippen molar-refractivity contribution in [3.05, 3.63) is 54.1 Å². The summed E-state index contributed by atoms with van der Waals surface area (Å²) in [7, 11) is 0. The van der Waals surface area contributed by atoms with E-state index < -0.39 is 29.5 Å². The second-order valence-corrected chi connectivity index (χ2v) is 8.21. The molecule has 0 saturated carbocycles. The van der Waals surface area contributed by atoms with Gasteiger partial charge in [-0.25, -0.2) is 0 Å².